The number of hydrogen-bond acceptors (Lipinski definition) is 4. The second-order valence-corrected chi connectivity index (χ2v) is 5.08. The highest BCUT2D eigenvalue weighted by Gasteiger charge is 2.20. The molecule has 0 bridgehead atoms. The summed E-state index contributed by atoms with van der Waals surface area (Å²) in [5.41, 5.74) is 4.16. The van der Waals surface area contributed by atoms with E-state index < -0.39 is 23.9 Å². The van der Waals surface area contributed by atoms with Gasteiger partial charge < -0.3 is 9.84 Å². The van der Waals surface area contributed by atoms with Gasteiger partial charge in [-0.1, -0.05) is 30.1 Å². The largest absolute Gasteiger partial charge is 0.479 e. The van der Waals surface area contributed by atoms with E-state index in [0.29, 0.717) is 17.5 Å². The third-order valence-electron chi connectivity index (χ3n) is 2.51. The lowest BCUT2D eigenvalue weighted by Crippen LogP contribution is -2.47. The number of carbonyl (C=O) groups excluding carboxylic acids is 2. The topological polar surface area (TPSA) is 105 Å². The van der Waals surface area contributed by atoms with E-state index in [1.165, 1.54) is 12.1 Å². The smallest absolute Gasteiger partial charge is 0.328 e. The number of halogens is 2. The van der Waals surface area contributed by atoms with Gasteiger partial charge in [-0.15, -0.1) is 0 Å². The van der Waals surface area contributed by atoms with Crippen LogP contribution in [0.1, 0.15) is 13.3 Å². The SMILES string of the molecule is CC[C@@H](Oc1cc(Cl)ccc1Cl)C(=O)NNC(=O)/C=C\C(=O)O. The van der Waals surface area contributed by atoms with Crippen molar-refractivity contribution < 1.29 is 24.2 Å². The first kappa shape index (κ1) is 18.8. The van der Waals surface area contributed by atoms with Gasteiger partial charge >= 0.3 is 5.97 Å². The average molecular weight is 361 g/mol. The number of carboxylic acids is 1. The number of hydrogen-bond donors (Lipinski definition) is 3. The van der Waals surface area contributed by atoms with E-state index in [2.05, 4.69) is 5.43 Å². The maximum atomic E-state index is 12.0. The highest BCUT2D eigenvalue weighted by molar-refractivity contribution is 6.34. The van der Waals surface area contributed by atoms with Crippen LogP contribution in [0.4, 0.5) is 0 Å². The summed E-state index contributed by atoms with van der Waals surface area (Å²) in [6, 6.07) is 4.57. The van der Waals surface area contributed by atoms with Gasteiger partial charge in [-0.05, 0) is 18.6 Å². The van der Waals surface area contributed by atoms with Crippen LogP contribution in [0.2, 0.25) is 10.0 Å². The molecule has 0 unspecified atom stereocenters. The fraction of sp³-hybridized carbons (Fsp3) is 0.214. The minimum absolute atomic E-state index is 0.235. The third-order valence-corrected chi connectivity index (χ3v) is 3.06. The minimum Gasteiger partial charge on any atom is -0.479 e. The van der Waals surface area contributed by atoms with Crippen LogP contribution in [0, 0.1) is 0 Å². The van der Waals surface area contributed by atoms with E-state index >= 15 is 0 Å². The highest BCUT2D eigenvalue weighted by atomic mass is 35.5. The lowest BCUT2D eigenvalue weighted by atomic mass is 10.2. The second kappa shape index (κ2) is 9.02. The number of nitrogens with one attached hydrogen (secondary N) is 2. The van der Waals surface area contributed by atoms with Crippen molar-refractivity contribution in [1.82, 2.24) is 10.9 Å². The second-order valence-electron chi connectivity index (χ2n) is 4.24. The first-order chi connectivity index (χ1) is 10.8. The predicted molar refractivity (Wildman–Crippen MR) is 84.2 cm³/mol. The quantitative estimate of drug-likeness (QED) is 0.531. The van der Waals surface area contributed by atoms with Crippen LogP contribution in [-0.4, -0.2) is 29.0 Å². The molecule has 9 heteroatoms. The Morgan fingerprint density at radius 1 is 1.26 bits per heavy atom. The van der Waals surface area contributed by atoms with Crippen LogP contribution in [0.5, 0.6) is 5.75 Å². The Bertz CT molecular complexity index is 634. The molecule has 1 rings (SSSR count). The molecule has 0 saturated carbocycles. The van der Waals surface area contributed by atoms with Crippen LogP contribution in [0.3, 0.4) is 0 Å². The molecule has 0 aromatic heterocycles. The van der Waals surface area contributed by atoms with Gasteiger partial charge in [0, 0.05) is 23.2 Å². The first-order valence-corrected chi connectivity index (χ1v) is 7.21. The molecule has 23 heavy (non-hydrogen) atoms. The van der Waals surface area contributed by atoms with Crippen molar-refractivity contribution in [2.24, 2.45) is 0 Å². The van der Waals surface area contributed by atoms with E-state index in [1.807, 2.05) is 5.43 Å². The molecule has 0 aliphatic heterocycles. The van der Waals surface area contributed by atoms with E-state index in [0.717, 1.165) is 6.08 Å². The molecular weight excluding hydrogens is 347 g/mol. The molecule has 0 aliphatic carbocycles. The monoisotopic (exact) mass is 360 g/mol. The van der Waals surface area contributed by atoms with Gasteiger partial charge in [0.25, 0.3) is 11.8 Å². The van der Waals surface area contributed by atoms with Crippen molar-refractivity contribution in [2.45, 2.75) is 19.4 Å². The van der Waals surface area contributed by atoms with Gasteiger partial charge in [-0.3, -0.25) is 20.4 Å². The highest BCUT2D eigenvalue weighted by Crippen LogP contribution is 2.28. The fourth-order valence-electron chi connectivity index (χ4n) is 1.44. The van der Waals surface area contributed by atoms with Crippen LogP contribution < -0.4 is 15.6 Å². The van der Waals surface area contributed by atoms with Crippen molar-refractivity contribution >= 4 is 41.0 Å². The van der Waals surface area contributed by atoms with Crippen LogP contribution >= 0.6 is 23.2 Å². The number of ether oxygens (including phenoxy) is 1. The van der Waals surface area contributed by atoms with Gasteiger partial charge in [0.15, 0.2) is 6.10 Å². The molecule has 1 aromatic carbocycles. The van der Waals surface area contributed by atoms with E-state index in [-0.39, 0.29) is 10.8 Å². The number of rotatable bonds is 6. The van der Waals surface area contributed by atoms with Crippen molar-refractivity contribution in [2.75, 3.05) is 0 Å². The summed E-state index contributed by atoms with van der Waals surface area (Å²) in [6.45, 7) is 1.70. The Kier molecular flexibility index (Phi) is 7.37. The Hall–Kier alpha value is -2.25. The molecule has 1 aromatic rings. The maximum Gasteiger partial charge on any atom is 0.328 e. The van der Waals surface area contributed by atoms with Gasteiger partial charge in [0.1, 0.15) is 5.75 Å². The average Bonchev–Trinajstić information content (AvgIpc) is 2.51. The number of aliphatic carboxylic acids is 1. The summed E-state index contributed by atoms with van der Waals surface area (Å²) in [5, 5.41) is 9.06. The molecule has 0 spiro atoms. The lowest BCUT2D eigenvalue weighted by molar-refractivity contribution is -0.132. The zero-order valence-electron chi connectivity index (χ0n) is 12.0. The minimum atomic E-state index is -1.28. The predicted octanol–water partition coefficient (Wildman–Crippen LogP) is 1.94. The van der Waals surface area contributed by atoms with Gasteiger partial charge in [-0.25, -0.2) is 4.79 Å². The maximum absolute atomic E-state index is 12.0. The fourth-order valence-corrected chi connectivity index (χ4v) is 1.76. The lowest BCUT2D eigenvalue weighted by Gasteiger charge is -2.18. The first-order valence-electron chi connectivity index (χ1n) is 6.46. The van der Waals surface area contributed by atoms with E-state index in [1.54, 1.807) is 13.0 Å². The molecular formula is C14H14Cl2N2O5. The molecule has 7 nitrogen and oxygen atoms in total. The van der Waals surface area contributed by atoms with Crippen molar-refractivity contribution in [3.63, 3.8) is 0 Å². The molecule has 0 heterocycles. The van der Waals surface area contributed by atoms with Crippen molar-refractivity contribution in [3.05, 3.63) is 40.4 Å². The van der Waals surface area contributed by atoms with Crippen LogP contribution in [-0.2, 0) is 14.4 Å². The molecule has 124 valence electrons. The Morgan fingerprint density at radius 2 is 1.96 bits per heavy atom. The van der Waals surface area contributed by atoms with Crippen LogP contribution in [0.15, 0.2) is 30.4 Å². The summed E-state index contributed by atoms with van der Waals surface area (Å²) in [7, 11) is 0. The Balaban J connectivity index is 2.63. The molecule has 3 N–H and O–H groups in total. The number of hydrazine groups is 1. The van der Waals surface area contributed by atoms with Crippen molar-refractivity contribution in [3.8, 4) is 5.75 Å². The molecule has 0 radical (unpaired) electrons. The molecule has 2 amide bonds. The molecule has 0 fully saturated rings. The number of amides is 2. The van der Waals surface area contributed by atoms with E-state index in [9.17, 15) is 14.4 Å². The molecule has 0 aliphatic rings. The number of carboxylic acid groups (broad SMARTS) is 1. The summed E-state index contributed by atoms with van der Waals surface area (Å²) >= 11 is 11.8. The summed E-state index contributed by atoms with van der Waals surface area (Å²) in [5.74, 6) is -2.47. The Labute approximate surface area is 142 Å². The van der Waals surface area contributed by atoms with E-state index in [4.69, 9.17) is 33.0 Å². The summed E-state index contributed by atoms with van der Waals surface area (Å²) in [4.78, 5) is 33.5. The molecule has 1 atom stereocenters. The Morgan fingerprint density at radius 3 is 2.57 bits per heavy atom. The standard InChI is InChI=1S/C14H14Cl2N2O5/c1-2-10(23-11-7-8(15)3-4-9(11)16)14(22)18-17-12(19)5-6-13(20)21/h3-7,10H,2H2,1H3,(H,17,19)(H,18,22)(H,20,21)/b6-5-/t10-/m1/s1. The van der Waals surface area contributed by atoms with Gasteiger partial charge in [-0.2, -0.15) is 0 Å². The number of carbonyl (C=O) groups is 3. The third kappa shape index (κ3) is 6.58. The van der Waals surface area contributed by atoms with Crippen molar-refractivity contribution in [1.29, 1.82) is 0 Å². The zero-order valence-corrected chi connectivity index (χ0v) is 13.5. The van der Waals surface area contributed by atoms with Gasteiger partial charge in [0.2, 0.25) is 0 Å². The normalized spacial score (nSPS) is 11.8. The van der Waals surface area contributed by atoms with Gasteiger partial charge in [0.05, 0.1) is 5.02 Å². The molecule has 0 saturated heterocycles. The van der Waals surface area contributed by atoms with Crippen LogP contribution in [0.25, 0.3) is 0 Å². The summed E-state index contributed by atoms with van der Waals surface area (Å²) < 4.78 is 5.48. The number of benzene rings is 1. The zero-order chi connectivity index (χ0) is 17.4. The summed E-state index contributed by atoms with van der Waals surface area (Å²) in [6.07, 6.45) is 0.782.